The zero-order valence-corrected chi connectivity index (χ0v) is 15.8. The summed E-state index contributed by atoms with van der Waals surface area (Å²) in [7, 11) is 0. The topological polar surface area (TPSA) is 63.8 Å². The highest BCUT2D eigenvalue weighted by Crippen LogP contribution is 2.29. The van der Waals surface area contributed by atoms with Crippen LogP contribution in [-0.4, -0.2) is 27.1 Å². The quantitative estimate of drug-likeness (QED) is 0.477. The van der Waals surface area contributed by atoms with E-state index in [0.29, 0.717) is 4.96 Å². The molecule has 0 spiro atoms. The largest absolute Gasteiger partial charge is 0.494 e. The van der Waals surface area contributed by atoms with Gasteiger partial charge in [0.1, 0.15) is 5.75 Å². The minimum Gasteiger partial charge on any atom is -0.494 e. The number of fused-ring (bicyclic) bond motifs is 1. The summed E-state index contributed by atoms with van der Waals surface area (Å²) < 4.78 is 7.57. The Bertz CT molecular complexity index is 820. The van der Waals surface area contributed by atoms with Gasteiger partial charge < -0.3 is 9.84 Å². The molecule has 1 N–H and O–H groups in total. The van der Waals surface area contributed by atoms with Crippen molar-refractivity contribution < 1.29 is 14.6 Å². The molecule has 3 aromatic rings. The second kappa shape index (κ2) is 8.85. The van der Waals surface area contributed by atoms with Gasteiger partial charge in [0, 0.05) is 12.4 Å². The van der Waals surface area contributed by atoms with Crippen LogP contribution < -0.4 is 4.74 Å². The van der Waals surface area contributed by atoms with E-state index in [1.807, 2.05) is 30.5 Å². The molecule has 0 aliphatic rings. The number of rotatable bonds is 10. The standard InChI is InChI=1S/C20H24N2O3S/c1-2-3-4-5-6-7-12-25-16-10-8-15(9-11-16)18-14-22-13-17(19(23)24)21-20(22)26-18/h8-11,13-14H,2-7,12H2,1H3,(H,23,24). The molecular weight excluding hydrogens is 348 g/mol. The fraction of sp³-hybridized carbons (Fsp3) is 0.400. The van der Waals surface area contributed by atoms with Gasteiger partial charge in [-0.2, -0.15) is 0 Å². The molecule has 5 nitrogen and oxygen atoms in total. The fourth-order valence-electron chi connectivity index (χ4n) is 2.82. The Labute approximate surface area is 157 Å². The molecule has 26 heavy (non-hydrogen) atoms. The molecule has 0 bridgehead atoms. The van der Waals surface area contributed by atoms with Gasteiger partial charge in [0.15, 0.2) is 10.7 Å². The molecule has 2 aromatic heterocycles. The Morgan fingerprint density at radius 3 is 2.54 bits per heavy atom. The summed E-state index contributed by atoms with van der Waals surface area (Å²) >= 11 is 1.47. The molecule has 0 aliphatic heterocycles. The van der Waals surface area contributed by atoms with Crippen molar-refractivity contribution in [2.24, 2.45) is 0 Å². The molecule has 2 heterocycles. The van der Waals surface area contributed by atoms with Gasteiger partial charge in [-0.25, -0.2) is 9.78 Å². The molecule has 0 saturated carbocycles. The van der Waals surface area contributed by atoms with Crippen LogP contribution in [0.1, 0.15) is 55.9 Å². The minimum absolute atomic E-state index is 0.0706. The number of carbonyl (C=O) groups is 1. The first kappa shape index (κ1) is 18.5. The average Bonchev–Trinajstić information content (AvgIpc) is 3.21. The molecule has 0 fully saturated rings. The van der Waals surface area contributed by atoms with Crippen molar-refractivity contribution in [3.05, 3.63) is 42.4 Å². The summed E-state index contributed by atoms with van der Waals surface area (Å²) in [5.41, 5.74) is 1.14. The highest BCUT2D eigenvalue weighted by atomic mass is 32.1. The predicted molar refractivity (Wildman–Crippen MR) is 104 cm³/mol. The first-order valence-corrected chi connectivity index (χ1v) is 9.94. The van der Waals surface area contributed by atoms with Crippen LogP contribution in [0.2, 0.25) is 0 Å². The summed E-state index contributed by atoms with van der Waals surface area (Å²) in [6.07, 6.45) is 11.0. The van der Waals surface area contributed by atoms with E-state index >= 15 is 0 Å². The smallest absolute Gasteiger partial charge is 0.356 e. The summed E-state index contributed by atoms with van der Waals surface area (Å²) in [4.78, 5) is 16.8. The lowest BCUT2D eigenvalue weighted by Crippen LogP contribution is -1.97. The molecule has 3 rings (SSSR count). The van der Waals surface area contributed by atoms with Crippen molar-refractivity contribution in [1.29, 1.82) is 0 Å². The van der Waals surface area contributed by atoms with Gasteiger partial charge in [-0.05, 0) is 36.2 Å². The van der Waals surface area contributed by atoms with E-state index in [2.05, 4.69) is 11.9 Å². The molecule has 1 aromatic carbocycles. The third-order valence-corrected chi connectivity index (χ3v) is 5.33. The molecule has 138 valence electrons. The van der Waals surface area contributed by atoms with Crippen molar-refractivity contribution in [3.8, 4) is 16.2 Å². The summed E-state index contributed by atoms with van der Waals surface area (Å²) in [6, 6.07) is 8.02. The van der Waals surface area contributed by atoms with E-state index in [1.165, 1.54) is 49.6 Å². The second-order valence-corrected chi connectivity index (χ2v) is 7.37. The van der Waals surface area contributed by atoms with Crippen LogP contribution in [0, 0.1) is 0 Å². The number of carboxylic acids is 1. The molecule has 0 saturated heterocycles. The normalized spacial score (nSPS) is 11.1. The number of hydrogen-bond donors (Lipinski definition) is 1. The highest BCUT2D eigenvalue weighted by molar-refractivity contribution is 7.20. The summed E-state index contributed by atoms with van der Waals surface area (Å²) in [5, 5.41) is 8.98. The predicted octanol–water partition coefficient (Wildman–Crippen LogP) is 5.50. The Hall–Kier alpha value is -2.34. The summed E-state index contributed by atoms with van der Waals surface area (Å²) in [5.74, 6) is -0.119. The SMILES string of the molecule is CCCCCCCCOc1ccc(-c2cn3cc(C(=O)O)nc3s2)cc1. The number of thiazole rings is 1. The van der Waals surface area contributed by atoms with E-state index in [4.69, 9.17) is 9.84 Å². The average molecular weight is 372 g/mol. The maximum absolute atomic E-state index is 10.9. The maximum atomic E-state index is 10.9. The van der Waals surface area contributed by atoms with Gasteiger partial charge in [-0.3, -0.25) is 4.40 Å². The number of hydrogen-bond acceptors (Lipinski definition) is 4. The number of carboxylic acid groups (broad SMARTS) is 1. The van der Waals surface area contributed by atoms with E-state index in [-0.39, 0.29) is 5.69 Å². The maximum Gasteiger partial charge on any atom is 0.356 e. The Morgan fingerprint density at radius 1 is 1.12 bits per heavy atom. The van der Waals surface area contributed by atoms with Gasteiger partial charge in [0.2, 0.25) is 0 Å². The van der Waals surface area contributed by atoms with Crippen molar-refractivity contribution >= 4 is 22.3 Å². The number of nitrogens with zero attached hydrogens (tertiary/aromatic N) is 2. The van der Waals surface area contributed by atoms with E-state index in [1.54, 1.807) is 4.40 Å². The Balaban J connectivity index is 1.52. The molecular formula is C20H24N2O3S. The highest BCUT2D eigenvalue weighted by Gasteiger charge is 2.12. The van der Waals surface area contributed by atoms with Crippen LogP contribution in [0.4, 0.5) is 0 Å². The van der Waals surface area contributed by atoms with Crippen LogP contribution in [0.15, 0.2) is 36.7 Å². The molecule has 0 aliphatic carbocycles. The van der Waals surface area contributed by atoms with E-state index in [0.717, 1.165) is 29.2 Å². The third kappa shape index (κ3) is 4.64. The molecule has 0 amide bonds. The zero-order valence-electron chi connectivity index (χ0n) is 15.0. The van der Waals surface area contributed by atoms with Crippen molar-refractivity contribution in [3.63, 3.8) is 0 Å². The lowest BCUT2D eigenvalue weighted by molar-refractivity contribution is 0.0691. The van der Waals surface area contributed by atoms with E-state index < -0.39 is 5.97 Å². The number of ether oxygens (including phenoxy) is 1. The molecule has 0 unspecified atom stereocenters. The van der Waals surface area contributed by atoms with Crippen molar-refractivity contribution in [2.45, 2.75) is 45.4 Å². The van der Waals surface area contributed by atoms with Crippen LogP contribution in [0.25, 0.3) is 15.4 Å². The second-order valence-electron chi connectivity index (χ2n) is 6.36. The zero-order chi connectivity index (χ0) is 18.4. The van der Waals surface area contributed by atoms with E-state index in [9.17, 15) is 4.79 Å². The number of unbranched alkanes of at least 4 members (excludes halogenated alkanes) is 5. The summed E-state index contributed by atoms with van der Waals surface area (Å²) in [6.45, 7) is 2.99. The number of aromatic carboxylic acids is 1. The Morgan fingerprint density at radius 2 is 1.85 bits per heavy atom. The first-order chi connectivity index (χ1) is 12.7. The van der Waals surface area contributed by atoms with Gasteiger partial charge in [0.05, 0.1) is 11.5 Å². The Kier molecular flexibility index (Phi) is 6.28. The monoisotopic (exact) mass is 372 g/mol. The van der Waals surface area contributed by atoms with Gasteiger partial charge in [0.25, 0.3) is 0 Å². The van der Waals surface area contributed by atoms with Gasteiger partial charge >= 0.3 is 5.97 Å². The molecule has 0 radical (unpaired) electrons. The van der Waals surface area contributed by atoms with Crippen molar-refractivity contribution in [1.82, 2.24) is 9.38 Å². The third-order valence-electron chi connectivity index (χ3n) is 4.28. The molecule has 0 atom stereocenters. The van der Waals surface area contributed by atoms with Crippen molar-refractivity contribution in [2.75, 3.05) is 6.61 Å². The minimum atomic E-state index is -1.01. The van der Waals surface area contributed by atoms with Crippen LogP contribution >= 0.6 is 11.3 Å². The molecule has 6 heteroatoms. The number of benzene rings is 1. The lowest BCUT2D eigenvalue weighted by atomic mass is 10.1. The van der Waals surface area contributed by atoms with Gasteiger partial charge in [-0.15, -0.1) is 0 Å². The lowest BCUT2D eigenvalue weighted by Gasteiger charge is -2.06. The number of aromatic nitrogens is 2. The van der Waals surface area contributed by atoms with Crippen LogP contribution in [-0.2, 0) is 0 Å². The fourth-order valence-corrected chi connectivity index (χ4v) is 3.79. The number of imidazole rings is 1. The first-order valence-electron chi connectivity index (χ1n) is 9.12. The van der Waals surface area contributed by atoms with Crippen LogP contribution in [0.5, 0.6) is 5.75 Å². The van der Waals surface area contributed by atoms with Crippen LogP contribution in [0.3, 0.4) is 0 Å². The van der Waals surface area contributed by atoms with Gasteiger partial charge in [-0.1, -0.05) is 50.4 Å².